The van der Waals surface area contributed by atoms with Gasteiger partial charge in [-0.15, -0.1) is 0 Å². The smallest absolute Gasteiger partial charge is 0.0628 e. The molecule has 0 bridgehead atoms. The standard InChI is InChI=1S/C13H19NO/c1-13(2,11-6-4-3-5-7-11)12-10-15-9-8-14-12/h3-7,12,14H,8-10H2,1-2H3. The minimum atomic E-state index is 0.127. The number of morpholine rings is 1. The molecule has 1 heterocycles. The van der Waals surface area contributed by atoms with Crippen molar-refractivity contribution in [2.45, 2.75) is 25.3 Å². The SMILES string of the molecule is CC(C)(c1ccccc1)C1COCCN1. The van der Waals surface area contributed by atoms with Crippen molar-refractivity contribution in [3.63, 3.8) is 0 Å². The molecular formula is C13H19NO. The molecule has 1 aromatic carbocycles. The van der Waals surface area contributed by atoms with Crippen LogP contribution in [0.5, 0.6) is 0 Å². The van der Waals surface area contributed by atoms with E-state index in [0.717, 1.165) is 19.8 Å². The summed E-state index contributed by atoms with van der Waals surface area (Å²) in [5.74, 6) is 0. The predicted molar refractivity (Wildman–Crippen MR) is 62.1 cm³/mol. The van der Waals surface area contributed by atoms with E-state index in [9.17, 15) is 0 Å². The summed E-state index contributed by atoms with van der Waals surface area (Å²) in [5, 5.41) is 3.53. The molecule has 1 saturated heterocycles. The monoisotopic (exact) mass is 205 g/mol. The summed E-state index contributed by atoms with van der Waals surface area (Å²) in [4.78, 5) is 0. The van der Waals surface area contributed by atoms with Crippen molar-refractivity contribution in [2.75, 3.05) is 19.8 Å². The highest BCUT2D eigenvalue weighted by molar-refractivity contribution is 5.26. The molecule has 0 spiro atoms. The molecule has 0 radical (unpaired) electrons. The van der Waals surface area contributed by atoms with Crippen LogP contribution >= 0.6 is 0 Å². The number of benzene rings is 1. The van der Waals surface area contributed by atoms with Gasteiger partial charge in [0, 0.05) is 18.0 Å². The molecule has 1 aliphatic heterocycles. The van der Waals surface area contributed by atoms with E-state index in [1.54, 1.807) is 0 Å². The van der Waals surface area contributed by atoms with Gasteiger partial charge in [0.2, 0.25) is 0 Å². The highest BCUT2D eigenvalue weighted by atomic mass is 16.5. The maximum atomic E-state index is 5.53. The Morgan fingerprint density at radius 2 is 2.00 bits per heavy atom. The number of hydrogen-bond acceptors (Lipinski definition) is 2. The van der Waals surface area contributed by atoms with Gasteiger partial charge in [-0.3, -0.25) is 0 Å². The molecule has 82 valence electrons. The van der Waals surface area contributed by atoms with E-state index < -0.39 is 0 Å². The maximum absolute atomic E-state index is 5.53. The van der Waals surface area contributed by atoms with E-state index >= 15 is 0 Å². The highest BCUT2D eigenvalue weighted by Gasteiger charge is 2.32. The lowest BCUT2D eigenvalue weighted by molar-refractivity contribution is 0.0537. The van der Waals surface area contributed by atoms with Crippen LogP contribution in [-0.4, -0.2) is 25.8 Å². The molecule has 1 aromatic rings. The van der Waals surface area contributed by atoms with E-state index in [4.69, 9.17) is 4.74 Å². The van der Waals surface area contributed by atoms with Crippen LogP contribution in [0.25, 0.3) is 0 Å². The van der Waals surface area contributed by atoms with Gasteiger partial charge in [-0.2, -0.15) is 0 Å². The van der Waals surface area contributed by atoms with Gasteiger partial charge in [-0.1, -0.05) is 44.2 Å². The fourth-order valence-corrected chi connectivity index (χ4v) is 2.10. The summed E-state index contributed by atoms with van der Waals surface area (Å²) in [6, 6.07) is 11.0. The molecule has 2 heteroatoms. The van der Waals surface area contributed by atoms with Gasteiger partial charge in [0.05, 0.1) is 13.2 Å². The summed E-state index contributed by atoms with van der Waals surface area (Å²) >= 11 is 0. The Hall–Kier alpha value is -0.860. The van der Waals surface area contributed by atoms with Crippen LogP contribution in [0, 0.1) is 0 Å². The normalized spacial score (nSPS) is 22.7. The van der Waals surface area contributed by atoms with Gasteiger partial charge >= 0.3 is 0 Å². The third-order valence-corrected chi connectivity index (χ3v) is 3.31. The first-order chi connectivity index (χ1) is 7.21. The Bertz CT molecular complexity index is 302. The third kappa shape index (κ3) is 2.21. The van der Waals surface area contributed by atoms with Crippen LogP contribution in [0.15, 0.2) is 30.3 Å². The lowest BCUT2D eigenvalue weighted by Gasteiger charge is -2.38. The molecule has 1 atom stereocenters. The Balaban J connectivity index is 2.18. The van der Waals surface area contributed by atoms with Gasteiger partial charge in [-0.05, 0) is 5.56 Å². The molecule has 0 amide bonds. The number of hydrogen-bond donors (Lipinski definition) is 1. The summed E-state index contributed by atoms with van der Waals surface area (Å²) in [6.07, 6.45) is 0. The minimum Gasteiger partial charge on any atom is -0.378 e. The zero-order valence-corrected chi connectivity index (χ0v) is 9.49. The van der Waals surface area contributed by atoms with Crippen LogP contribution in [-0.2, 0) is 10.2 Å². The van der Waals surface area contributed by atoms with Gasteiger partial charge in [0.15, 0.2) is 0 Å². The average molecular weight is 205 g/mol. The first kappa shape index (κ1) is 10.7. The quantitative estimate of drug-likeness (QED) is 0.797. The second kappa shape index (κ2) is 4.33. The van der Waals surface area contributed by atoms with Crippen molar-refractivity contribution in [1.82, 2.24) is 5.32 Å². The second-order valence-corrected chi connectivity index (χ2v) is 4.67. The van der Waals surface area contributed by atoms with E-state index in [1.807, 2.05) is 0 Å². The summed E-state index contributed by atoms with van der Waals surface area (Å²) < 4.78 is 5.53. The minimum absolute atomic E-state index is 0.127. The Morgan fingerprint density at radius 1 is 1.27 bits per heavy atom. The molecule has 2 rings (SSSR count). The summed E-state index contributed by atoms with van der Waals surface area (Å²) in [5.41, 5.74) is 1.50. The maximum Gasteiger partial charge on any atom is 0.0628 e. The van der Waals surface area contributed by atoms with Crippen LogP contribution in [0.2, 0.25) is 0 Å². The van der Waals surface area contributed by atoms with E-state index in [-0.39, 0.29) is 5.41 Å². The zero-order valence-electron chi connectivity index (χ0n) is 9.49. The predicted octanol–water partition coefficient (Wildman–Crippen LogP) is 1.95. The van der Waals surface area contributed by atoms with E-state index in [1.165, 1.54) is 5.56 Å². The number of rotatable bonds is 2. The van der Waals surface area contributed by atoms with Crippen molar-refractivity contribution in [2.24, 2.45) is 0 Å². The zero-order chi connectivity index (χ0) is 10.7. The molecule has 15 heavy (non-hydrogen) atoms. The first-order valence-corrected chi connectivity index (χ1v) is 5.58. The van der Waals surface area contributed by atoms with E-state index in [0.29, 0.717) is 6.04 Å². The third-order valence-electron chi connectivity index (χ3n) is 3.31. The number of ether oxygens (including phenoxy) is 1. The van der Waals surface area contributed by atoms with Crippen LogP contribution in [0.1, 0.15) is 19.4 Å². The van der Waals surface area contributed by atoms with Gasteiger partial charge in [0.1, 0.15) is 0 Å². The summed E-state index contributed by atoms with van der Waals surface area (Å²) in [6.45, 7) is 7.15. The van der Waals surface area contributed by atoms with Crippen LogP contribution in [0.3, 0.4) is 0 Å². The molecule has 1 fully saturated rings. The van der Waals surface area contributed by atoms with Crippen LogP contribution in [0.4, 0.5) is 0 Å². The Kier molecular flexibility index (Phi) is 3.08. The fourth-order valence-electron chi connectivity index (χ4n) is 2.10. The van der Waals surface area contributed by atoms with Crippen LogP contribution < -0.4 is 5.32 Å². The molecular weight excluding hydrogens is 186 g/mol. The van der Waals surface area contributed by atoms with Crippen molar-refractivity contribution in [3.05, 3.63) is 35.9 Å². The number of nitrogens with one attached hydrogen (secondary N) is 1. The highest BCUT2D eigenvalue weighted by Crippen LogP contribution is 2.27. The molecule has 0 aliphatic carbocycles. The topological polar surface area (TPSA) is 21.3 Å². The lowest BCUT2D eigenvalue weighted by atomic mass is 9.77. The van der Waals surface area contributed by atoms with Crippen molar-refractivity contribution in [1.29, 1.82) is 0 Å². The van der Waals surface area contributed by atoms with Crippen molar-refractivity contribution < 1.29 is 4.74 Å². The summed E-state index contributed by atoms with van der Waals surface area (Å²) in [7, 11) is 0. The van der Waals surface area contributed by atoms with Gasteiger partial charge in [-0.25, -0.2) is 0 Å². The fraction of sp³-hybridized carbons (Fsp3) is 0.538. The van der Waals surface area contributed by atoms with Crippen molar-refractivity contribution >= 4 is 0 Å². The van der Waals surface area contributed by atoms with E-state index in [2.05, 4.69) is 49.5 Å². The molecule has 0 saturated carbocycles. The molecule has 2 nitrogen and oxygen atoms in total. The Labute approximate surface area is 91.6 Å². The lowest BCUT2D eigenvalue weighted by Crippen LogP contribution is -2.52. The van der Waals surface area contributed by atoms with Crippen molar-refractivity contribution in [3.8, 4) is 0 Å². The largest absolute Gasteiger partial charge is 0.378 e. The van der Waals surface area contributed by atoms with Gasteiger partial charge in [0.25, 0.3) is 0 Å². The average Bonchev–Trinajstić information content (AvgIpc) is 2.31. The Morgan fingerprint density at radius 3 is 2.60 bits per heavy atom. The molecule has 1 aliphatic rings. The second-order valence-electron chi connectivity index (χ2n) is 4.67. The first-order valence-electron chi connectivity index (χ1n) is 5.58. The molecule has 0 aromatic heterocycles. The molecule has 1 unspecified atom stereocenters. The van der Waals surface area contributed by atoms with Gasteiger partial charge < -0.3 is 10.1 Å². The molecule has 1 N–H and O–H groups in total.